The maximum Gasteiger partial charge on any atom is 0.317 e. The Labute approximate surface area is 158 Å². The van der Waals surface area contributed by atoms with Gasteiger partial charge < -0.3 is 9.64 Å². The molecule has 3 rings (SSSR count). The van der Waals surface area contributed by atoms with Crippen LogP contribution in [-0.2, 0) is 4.79 Å². The van der Waals surface area contributed by atoms with Gasteiger partial charge in [-0.05, 0) is 56.5 Å². The molecule has 6 heteroatoms. The summed E-state index contributed by atoms with van der Waals surface area (Å²) >= 11 is 5.87. The Kier molecular flexibility index (Phi) is 5.89. The standard InChI is InChI=1S/C20H22ClN3O2/c1-14-12-15(2)23-20(22-14)26-18-4-3-11-24(13-18)19(25)10-7-16-5-8-17(21)9-6-16/h5-10,12,18H,3-4,11,13H2,1-2H3/b10-7+/t18-/m1/s1. The lowest BCUT2D eigenvalue weighted by Gasteiger charge is -2.31. The number of carbonyl (C=O) groups is 1. The van der Waals surface area contributed by atoms with Gasteiger partial charge in [-0.15, -0.1) is 0 Å². The van der Waals surface area contributed by atoms with E-state index in [2.05, 4.69) is 9.97 Å². The molecule has 0 radical (unpaired) electrons. The fraction of sp³-hybridized carbons (Fsp3) is 0.350. The number of hydrogen-bond acceptors (Lipinski definition) is 4. The molecule has 1 aromatic heterocycles. The molecule has 0 spiro atoms. The van der Waals surface area contributed by atoms with Gasteiger partial charge in [-0.1, -0.05) is 23.7 Å². The minimum atomic E-state index is -0.0853. The van der Waals surface area contributed by atoms with Gasteiger partial charge in [-0.25, -0.2) is 9.97 Å². The Morgan fingerprint density at radius 1 is 1.23 bits per heavy atom. The molecule has 0 bridgehead atoms. The highest BCUT2D eigenvalue weighted by molar-refractivity contribution is 6.30. The maximum atomic E-state index is 12.5. The van der Waals surface area contributed by atoms with E-state index in [9.17, 15) is 4.79 Å². The quantitative estimate of drug-likeness (QED) is 0.766. The van der Waals surface area contributed by atoms with Crippen LogP contribution in [0.3, 0.4) is 0 Å². The lowest BCUT2D eigenvalue weighted by molar-refractivity contribution is -0.128. The SMILES string of the molecule is Cc1cc(C)nc(O[C@@H]2CCCN(C(=O)/C=C/c3ccc(Cl)cc3)C2)n1. The molecule has 26 heavy (non-hydrogen) atoms. The molecule has 1 atom stereocenters. The van der Waals surface area contributed by atoms with Crippen LogP contribution >= 0.6 is 11.6 Å². The number of hydrogen-bond donors (Lipinski definition) is 0. The first-order valence-electron chi connectivity index (χ1n) is 8.71. The molecular formula is C20H22ClN3O2. The van der Waals surface area contributed by atoms with Crippen LogP contribution in [-0.4, -0.2) is 40.0 Å². The summed E-state index contributed by atoms with van der Waals surface area (Å²) in [6, 6.07) is 9.67. The molecule has 0 aliphatic carbocycles. The van der Waals surface area contributed by atoms with Crippen molar-refractivity contribution in [2.24, 2.45) is 0 Å². The van der Waals surface area contributed by atoms with Crippen molar-refractivity contribution in [2.45, 2.75) is 32.8 Å². The Balaban J connectivity index is 1.60. The van der Waals surface area contributed by atoms with E-state index >= 15 is 0 Å². The van der Waals surface area contributed by atoms with Crippen LogP contribution in [0.1, 0.15) is 29.8 Å². The van der Waals surface area contributed by atoms with Crippen LogP contribution in [0.2, 0.25) is 5.02 Å². The lowest BCUT2D eigenvalue weighted by atomic mass is 10.1. The largest absolute Gasteiger partial charge is 0.458 e. The Morgan fingerprint density at radius 3 is 2.62 bits per heavy atom. The summed E-state index contributed by atoms with van der Waals surface area (Å²) in [6.45, 7) is 5.11. The summed E-state index contributed by atoms with van der Waals surface area (Å²) in [7, 11) is 0. The summed E-state index contributed by atoms with van der Waals surface area (Å²) in [6.07, 6.45) is 5.10. The zero-order valence-corrected chi connectivity index (χ0v) is 15.7. The second kappa shape index (κ2) is 8.32. The third-order valence-corrected chi connectivity index (χ3v) is 4.46. The number of nitrogens with zero attached hydrogens (tertiary/aromatic N) is 3. The second-order valence-electron chi connectivity index (χ2n) is 6.48. The monoisotopic (exact) mass is 371 g/mol. The van der Waals surface area contributed by atoms with Crippen LogP contribution in [0, 0.1) is 13.8 Å². The Hall–Kier alpha value is -2.40. The second-order valence-corrected chi connectivity index (χ2v) is 6.92. The molecule has 1 saturated heterocycles. The van der Waals surface area contributed by atoms with Crippen molar-refractivity contribution >= 4 is 23.6 Å². The van der Waals surface area contributed by atoms with Gasteiger partial charge in [0.2, 0.25) is 5.91 Å². The van der Waals surface area contributed by atoms with E-state index in [1.165, 1.54) is 0 Å². The lowest BCUT2D eigenvalue weighted by Crippen LogP contribution is -2.44. The molecule has 2 heterocycles. The fourth-order valence-corrected chi connectivity index (χ4v) is 3.10. The van der Waals surface area contributed by atoms with E-state index in [4.69, 9.17) is 16.3 Å². The summed E-state index contributed by atoms with van der Waals surface area (Å²) in [4.78, 5) is 22.9. The molecule has 2 aromatic rings. The molecule has 1 aliphatic rings. The average molecular weight is 372 g/mol. The summed E-state index contributed by atoms with van der Waals surface area (Å²) in [5, 5.41) is 0.679. The van der Waals surface area contributed by atoms with Crippen molar-refractivity contribution in [1.29, 1.82) is 0 Å². The normalized spacial score (nSPS) is 17.5. The molecule has 0 saturated carbocycles. The minimum absolute atomic E-state index is 0.0189. The smallest absolute Gasteiger partial charge is 0.317 e. The third-order valence-electron chi connectivity index (χ3n) is 4.21. The van der Waals surface area contributed by atoms with Crippen molar-refractivity contribution in [3.63, 3.8) is 0 Å². The van der Waals surface area contributed by atoms with Gasteiger partial charge >= 0.3 is 6.01 Å². The number of benzene rings is 1. The Bertz CT molecular complexity index is 785. The average Bonchev–Trinajstić information content (AvgIpc) is 2.60. The van der Waals surface area contributed by atoms with E-state index in [0.29, 0.717) is 17.6 Å². The van der Waals surface area contributed by atoms with Gasteiger partial charge in [-0.3, -0.25) is 4.79 Å². The van der Waals surface area contributed by atoms with E-state index in [0.717, 1.165) is 36.3 Å². The number of halogens is 1. The molecule has 0 unspecified atom stereocenters. The first kappa shape index (κ1) is 18.4. The molecular weight excluding hydrogens is 350 g/mol. The van der Waals surface area contributed by atoms with Crippen LogP contribution in [0.5, 0.6) is 6.01 Å². The van der Waals surface area contributed by atoms with Crippen LogP contribution in [0.15, 0.2) is 36.4 Å². The van der Waals surface area contributed by atoms with Crippen molar-refractivity contribution in [1.82, 2.24) is 14.9 Å². The van der Waals surface area contributed by atoms with E-state index in [-0.39, 0.29) is 12.0 Å². The number of ether oxygens (including phenoxy) is 1. The summed E-state index contributed by atoms with van der Waals surface area (Å²) in [5.41, 5.74) is 2.69. The molecule has 1 amide bonds. The number of likely N-dealkylation sites (tertiary alicyclic amines) is 1. The van der Waals surface area contributed by atoms with Crippen molar-refractivity contribution < 1.29 is 9.53 Å². The van der Waals surface area contributed by atoms with Crippen LogP contribution < -0.4 is 4.74 Å². The van der Waals surface area contributed by atoms with Crippen LogP contribution in [0.25, 0.3) is 6.08 Å². The highest BCUT2D eigenvalue weighted by Gasteiger charge is 2.24. The van der Waals surface area contributed by atoms with Gasteiger partial charge in [0.15, 0.2) is 0 Å². The molecule has 0 N–H and O–H groups in total. The molecule has 5 nitrogen and oxygen atoms in total. The number of aromatic nitrogens is 2. The topological polar surface area (TPSA) is 55.3 Å². The highest BCUT2D eigenvalue weighted by atomic mass is 35.5. The molecule has 136 valence electrons. The van der Waals surface area contributed by atoms with Crippen LogP contribution in [0.4, 0.5) is 0 Å². The van der Waals surface area contributed by atoms with Gasteiger partial charge in [0.05, 0.1) is 6.54 Å². The molecule has 1 fully saturated rings. The van der Waals surface area contributed by atoms with Gasteiger partial charge in [0.1, 0.15) is 6.10 Å². The molecule has 1 aliphatic heterocycles. The zero-order chi connectivity index (χ0) is 18.5. The van der Waals surface area contributed by atoms with Crippen molar-refractivity contribution in [3.05, 3.63) is 58.4 Å². The third kappa shape index (κ3) is 5.05. The summed E-state index contributed by atoms with van der Waals surface area (Å²) in [5.74, 6) is -0.0189. The van der Waals surface area contributed by atoms with Gasteiger partial charge in [0, 0.05) is 29.0 Å². The van der Waals surface area contributed by atoms with E-state index in [1.54, 1.807) is 24.3 Å². The highest BCUT2D eigenvalue weighted by Crippen LogP contribution is 2.17. The maximum absolute atomic E-state index is 12.5. The number of carbonyl (C=O) groups excluding carboxylic acids is 1. The van der Waals surface area contributed by atoms with Gasteiger partial charge in [-0.2, -0.15) is 0 Å². The fourth-order valence-electron chi connectivity index (χ4n) is 2.98. The van der Waals surface area contributed by atoms with E-state index in [1.807, 2.05) is 36.9 Å². The zero-order valence-electron chi connectivity index (χ0n) is 15.0. The van der Waals surface area contributed by atoms with Crippen molar-refractivity contribution in [2.75, 3.05) is 13.1 Å². The minimum Gasteiger partial charge on any atom is -0.458 e. The number of aryl methyl sites for hydroxylation is 2. The Morgan fingerprint density at radius 2 is 1.92 bits per heavy atom. The first-order chi connectivity index (χ1) is 12.5. The first-order valence-corrected chi connectivity index (χ1v) is 9.09. The van der Waals surface area contributed by atoms with Crippen molar-refractivity contribution in [3.8, 4) is 6.01 Å². The number of amides is 1. The summed E-state index contributed by atoms with van der Waals surface area (Å²) < 4.78 is 5.92. The van der Waals surface area contributed by atoms with Gasteiger partial charge in [0.25, 0.3) is 0 Å². The number of rotatable bonds is 4. The predicted molar refractivity (Wildman–Crippen MR) is 102 cm³/mol. The number of piperidine rings is 1. The predicted octanol–water partition coefficient (Wildman–Crippen LogP) is 3.83. The molecule has 1 aromatic carbocycles. The van der Waals surface area contributed by atoms with E-state index < -0.39 is 0 Å².